The summed E-state index contributed by atoms with van der Waals surface area (Å²) in [6.45, 7) is 12.9. The number of aryl methyl sites for hydroxylation is 1. The van der Waals surface area contributed by atoms with Crippen LogP contribution in [0.5, 0.6) is 0 Å². The number of carbonyl (C=O) groups excluding carboxylic acids is 1. The smallest absolute Gasteiger partial charge is 0.303 e. The van der Waals surface area contributed by atoms with Crippen LogP contribution in [-0.4, -0.2) is 21.8 Å². The fourth-order valence-corrected chi connectivity index (χ4v) is 11.6. The molecule has 0 radical (unpaired) electrons. The monoisotopic (exact) mass is 706 g/mol. The zero-order valence-corrected chi connectivity index (χ0v) is 32.3. The number of Topliss-reactive ketones (excluding diaryl/α,β-unsaturated/α-hetero) is 1. The highest BCUT2D eigenvalue weighted by molar-refractivity contribution is 6.08. The van der Waals surface area contributed by atoms with Gasteiger partial charge in [-0.2, -0.15) is 0 Å². The molecule has 1 heterocycles. The molecule has 0 spiro atoms. The van der Waals surface area contributed by atoms with Crippen LogP contribution in [0.1, 0.15) is 139 Å². The number of pyridine rings is 1. The zero-order chi connectivity index (χ0) is 37.2. The van der Waals surface area contributed by atoms with Gasteiger partial charge in [0.2, 0.25) is 0 Å². The number of para-hydroxylation sites is 1. The maximum Gasteiger partial charge on any atom is 0.303 e. The van der Waals surface area contributed by atoms with Crippen molar-refractivity contribution in [2.75, 3.05) is 5.32 Å². The molecule has 2 N–H and O–H groups in total. The molecule has 4 saturated carbocycles. The van der Waals surface area contributed by atoms with Gasteiger partial charge in [-0.15, -0.1) is 0 Å². The number of fused-ring (bicyclic) bond motifs is 6. The van der Waals surface area contributed by atoms with E-state index < -0.39 is 5.97 Å². The van der Waals surface area contributed by atoms with E-state index in [4.69, 9.17) is 0 Å². The van der Waals surface area contributed by atoms with Gasteiger partial charge in [-0.3, -0.25) is 14.6 Å². The maximum atomic E-state index is 15.4. The Morgan fingerprint density at radius 2 is 1.73 bits per heavy atom. The number of benzene rings is 2. The van der Waals surface area contributed by atoms with Crippen LogP contribution in [0.25, 0.3) is 10.9 Å². The van der Waals surface area contributed by atoms with E-state index in [0.717, 1.165) is 65.6 Å². The summed E-state index contributed by atoms with van der Waals surface area (Å²) in [7, 11) is 0. The molecule has 0 amide bonds. The van der Waals surface area contributed by atoms with Crippen LogP contribution in [0.3, 0.4) is 0 Å². The summed E-state index contributed by atoms with van der Waals surface area (Å²) in [5, 5.41) is 13.5. The van der Waals surface area contributed by atoms with E-state index in [1.165, 1.54) is 44.9 Å². The number of halogens is 1. The lowest BCUT2D eigenvalue weighted by Gasteiger charge is -2.61. The number of nitrogens with zero attached hydrogens (tertiary/aromatic N) is 1. The van der Waals surface area contributed by atoms with Crippen LogP contribution in [-0.2, 0) is 11.3 Å². The van der Waals surface area contributed by atoms with Crippen molar-refractivity contribution in [3.8, 4) is 11.8 Å². The quantitative estimate of drug-likeness (QED) is 0.180. The van der Waals surface area contributed by atoms with Gasteiger partial charge >= 0.3 is 5.97 Å². The highest BCUT2D eigenvalue weighted by Crippen LogP contribution is 2.68. The van der Waals surface area contributed by atoms with Crippen molar-refractivity contribution in [2.45, 2.75) is 125 Å². The molecule has 8 atom stereocenters. The predicted octanol–water partition coefficient (Wildman–Crippen LogP) is 11.4. The van der Waals surface area contributed by atoms with Gasteiger partial charge in [0.15, 0.2) is 5.78 Å². The third-order valence-corrected chi connectivity index (χ3v) is 14.1. The number of anilines is 1. The Kier molecular flexibility index (Phi) is 11.5. The molecule has 278 valence electrons. The first-order valence-corrected chi connectivity index (χ1v) is 20.1. The first-order chi connectivity index (χ1) is 25.0. The molecule has 5 nitrogen and oxygen atoms in total. The van der Waals surface area contributed by atoms with Gasteiger partial charge in [0.25, 0.3) is 0 Å². The summed E-state index contributed by atoms with van der Waals surface area (Å²) in [5.41, 5.74) is 4.81. The highest BCUT2D eigenvalue weighted by Gasteiger charge is 2.59. The predicted molar refractivity (Wildman–Crippen MR) is 209 cm³/mol. The van der Waals surface area contributed by atoms with Crippen molar-refractivity contribution in [1.82, 2.24) is 4.98 Å². The summed E-state index contributed by atoms with van der Waals surface area (Å²) >= 11 is 0. The first-order valence-electron chi connectivity index (χ1n) is 20.1. The van der Waals surface area contributed by atoms with Crippen molar-refractivity contribution in [3.63, 3.8) is 0 Å². The number of hydrogen-bond acceptors (Lipinski definition) is 4. The van der Waals surface area contributed by atoms with Crippen molar-refractivity contribution < 1.29 is 19.1 Å². The number of ketones is 1. The molecular weight excluding hydrogens is 648 g/mol. The van der Waals surface area contributed by atoms with E-state index in [1.807, 2.05) is 51.1 Å². The number of aliphatic carboxylic acids is 1. The average Bonchev–Trinajstić information content (AvgIpc) is 3.46. The van der Waals surface area contributed by atoms with Crippen LogP contribution in [0.15, 0.2) is 42.5 Å². The fraction of sp³-hybridized carbons (Fsp3) is 0.587. The molecule has 3 aromatic rings. The van der Waals surface area contributed by atoms with E-state index in [0.29, 0.717) is 58.4 Å². The molecule has 7 rings (SSSR count). The molecule has 2 aromatic carbocycles. The van der Waals surface area contributed by atoms with Gasteiger partial charge in [-0.25, -0.2) is 4.39 Å². The number of carbonyl (C=O) groups is 2. The maximum absolute atomic E-state index is 15.4. The second kappa shape index (κ2) is 15.7. The minimum absolute atomic E-state index is 0.0495. The van der Waals surface area contributed by atoms with Crippen LogP contribution in [0.4, 0.5) is 10.1 Å². The van der Waals surface area contributed by atoms with Crippen LogP contribution in [0, 0.1) is 70.9 Å². The van der Waals surface area contributed by atoms with Crippen molar-refractivity contribution >= 4 is 28.3 Å². The Morgan fingerprint density at radius 1 is 0.981 bits per heavy atom. The highest BCUT2D eigenvalue weighted by atomic mass is 19.1. The molecule has 8 unspecified atom stereocenters. The molecule has 1 aromatic heterocycles. The zero-order valence-electron chi connectivity index (χ0n) is 32.3. The number of carboxylic acid groups (broad SMARTS) is 1. The normalized spacial score (nSPS) is 30.4. The van der Waals surface area contributed by atoms with E-state index in [1.54, 1.807) is 19.1 Å². The molecule has 52 heavy (non-hydrogen) atoms. The lowest BCUT2D eigenvalue weighted by molar-refractivity contribution is -0.137. The Hall–Kier alpha value is -3.72. The van der Waals surface area contributed by atoms with Crippen molar-refractivity contribution in [2.24, 2.45) is 46.3 Å². The Balaban J connectivity index is 0.00000228. The van der Waals surface area contributed by atoms with Gasteiger partial charge in [-0.05, 0) is 149 Å². The van der Waals surface area contributed by atoms with E-state index in [2.05, 4.69) is 36.0 Å². The molecule has 0 aliphatic heterocycles. The van der Waals surface area contributed by atoms with Gasteiger partial charge < -0.3 is 10.4 Å². The Labute approximate surface area is 311 Å². The Bertz CT molecular complexity index is 1860. The molecule has 0 saturated heterocycles. The Morgan fingerprint density at radius 3 is 2.48 bits per heavy atom. The first kappa shape index (κ1) is 38.0. The van der Waals surface area contributed by atoms with Crippen molar-refractivity contribution in [3.05, 3.63) is 70.7 Å². The summed E-state index contributed by atoms with van der Waals surface area (Å²) in [6.07, 6.45) is 13.4. The fourth-order valence-electron chi connectivity index (χ4n) is 11.6. The van der Waals surface area contributed by atoms with Crippen LogP contribution >= 0.6 is 0 Å². The van der Waals surface area contributed by atoms with E-state index >= 15 is 4.39 Å². The van der Waals surface area contributed by atoms with Gasteiger partial charge in [0, 0.05) is 24.3 Å². The molecule has 4 fully saturated rings. The van der Waals surface area contributed by atoms with Gasteiger partial charge in [0.1, 0.15) is 5.82 Å². The molecule has 6 heteroatoms. The SMILES string of the molecule is CC.CC(=O)c1c(C)nc2ccccc2c1NCc1ccc(C#CC2CCC3(C)C(CCC4C5CCC(CCCC(=O)O)C5(C)CCC43)C2)c(F)c1. The van der Waals surface area contributed by atoms with Crippen LogP contribution < -0.4 is 5.32 Å². The van der Waals surface area contributed by atoms with Gasteiger partial charge in [0.05, 0.1) is 28.0 Å². The van der Waals surface area contributed by atoms with E-state index in [9.17, 15) is 14.7 Å². The molecule has 4 aliphatic rings. The second-order valence-electron chi connectivity index (χ2n) is 16.7. The second-order valence-corrected chi connectivity index (χ2v) is 16.7. The molecular formula is C46H59FN2O3. The number of aromatic nitrogens is 1. The summed E-state index contributed by atoms with van der Waals surface area (Å²) < 4.78 is 15.4. The standard InChI is InChI=1S/C44H53FN2O3.C2H6/c1-27-41(28(2)48)42(35-9-5-6-10-39(35)47-27)46-26-30-13-15-31(38(45)25-30)14-12-29-20-22-44(4)33(24-29)16-18-34-36-19-17-32(8-7-11-40(49)50)43(36,3)23-21-37(34)44;1-2/h5-6,9-10,13,15,25,29,32-34,36-37H,7-8,11,16-24,26H2,1-4H3,(H,46,47)(H,49,50);1-2H3. The average molecular weight is 707 g/mol. The molecule has 0 bridgehead atoms. The molecule has 4 aliphatic carbocycles. The minimum atomic E-state index is -0.664. The third-order valence-electron chi connectivity index (χ3n) is 14.1. The summed E-state index contributed by atoms with van der Waals surface area (Å²) in [4.78, 5) is 28.3. The topological polar surface area (TPSA) is 79.3 Å². The van der Waals surface area contributed by atoms with Gasteiger partial charge in [-0.1, -0.05) is 63.8 Å². The number of hydrogen-bond donors (Lipinski definition) is 2. The minimum Gasteiger partial charge on any atom is -0.481 e. The summed E-state index contributed by atoms with van der Waals surface area (Å²) in [5.74, 6) is 9.77. The third kappa shape index (κ3) is 7.27. The lowest BCUT2D eigenvalue weighted by Crippen LogP contribution is -2.53. The van der Waals surface area contributed by atoms with Crippen LogP contribution in [0.2, 0.25) is 0 Å². The number of rotatable bonds is 8. The van der Waals surface area contributed by atoms with Crippen molar-refractivity contribution in [1.29, 1.82) is 0 Å². The lowest BCUT2D eigenvalue weighted by atomic mass is 9.44. The van der Waals surface area contributed by atoms with E-state index in [-0.39, 0.29) is 11.6 Å². The summed E-state index contributed by atoms with van der Waals surface area (Å²) in [6, 6.07) is 13.1. The number of carboxylic acids is 1. The largest absolute Gasteiger partial charge is 0.481 e. The number of nitrogens with one attached hydrogen (secondary N) is 1.